The standard InChI is InChI=1S/C19H12ClN3O5S2/c20-10-3-1-9(2-4-10)16-15(19(25)26)13(8-29-16)21-17(24)18-22-12-6-5-11(23(27)28)7-14(12)30-18/h1-8,27-28H,(H,21,24)(H,25,26). The van der Waals surface area contributed by atoms with E-state index >= 15 is 0 Å². The average molecular weight is 462 g/mol. The number of carboxylic acids is 1. The second kappa shape index (κ2) is 8.01. The zero-order valence-corrected chi connectivity index (χ0v) is 17.3. The lowest BCUT2D eigenvalue weighted by Crippen LogP contribution is -2.13. The molecule has 4 N–H and O–H groups in total. The molecule has 30 heavy (non-hydrogen) atoms. The van der Waals surface area contributed by atoms with Crippen LogP contribution < -0.4 is 10.5 Å². The average Bonchev–Trinajstić information content (AvgIpc) is 3.32. The van der Waals surface area contributed by atoms with Crippen molar-refractivity contribution in [1.82, 2.24) is 4.98 Å². The van der Waals surface area contributed by atoms with Crippen LogP contribution in [0.2, 0.25) is 5.02 Å². The predicted octanol–water partition coefficient (Wildman–Crippen LogP) is 5.21. The summed E-state index contributed by atoms with van der Waals surface area (Å²) in [4.78, 5) is 29.3. The Morgan fingerprint density at radius 3 is 2.50 bits per heavy atom. The first-order valence-electron chi connectivity index (χ1n) is 8.34. The Labute approximate surface area is 182 Å². The van der Waals surface area contributed by atoms with E-state index in [0.29, 0.717) is 25.7 Å². The molecule has 4 aromatic rings. The maximum absolute atomic E-state index is 12.7. The molecule has 0 saturated carbocycles. The lowest BCUT2D eigenvalue weighted by molar-refractivity contribution is 0.0292. The molecule has 0 aliphatic carbocycles. The monoisotopic (exact) mass is 461 g/mol. The number of hydrogen-bond acceptors (Lipinski definition) is 8. The number of aromatic nitrogens is 1. The van der Waals surface area contributed by atoms with E-state index in [-0.39, 0.29) is 27.2 Å². The molecule has 1 amide bonds. The van der Waals surface area contributed by atoms with Gasteiger partial charge in [-0.2, -0.15) is 0 Å². The molecule has 2 aromatic heterocycles. The minimum Gasteiger partial charge on any atom is -0.478 e. The summed E-state index contributed by atoms with van der Waals surface area (Å²) < 4.78 is 0.566. The number of halogens is 1. The molecular weight excluding hydrogens is 450 g/mol. The van der Waals surface area contributed by atoms with Gasteiger partial charge in [-0.3, -0.25) is 15.2 Å². The number of carboxylic acid groups (broad SMARTS) is 1. The minimum absolute atomic E-state index is 0.0183. The fourth-order valence-corrected chi connectivity index (χ4v) is 4.81. The van der Waals surface area contributed by atoms with Crippen LogP contribution in [0.25, 0.3) is 20.7 Å². The summed E-state index contributed by atoms with van der Waals surface area (Å²) in [6.45, 7) is 0. The third-order valence-corrected chi connectivity index (χ3v) is 6.45. The van der Waals surface area contributed by atoms with Crippen molar-refractivity contribution in [2.75, 3.05) is 10.5 Å². The molecule has 2 heterocycles. The van der Waals surface area contributed by atoms with Crippen LogP contribution in [0.3, 0.4) is 0 Å². The SMILES string of the molecule is O=C(Nc1csc(-c2ccc(Cl)cc2)c1C(=O)O)c1nc2ccc(N(O)O)cc2s1. The van der Waals surface area contributed by atoms with Gasteiger partial charge >= 0.3 is 5.97 Å². The van der Waals surface area contributed by atoms with E-state index in [0.717, 1.165) is 11.3 Å². The number of rotatable bonds is 5. The Morgan fingerprint density at radius 1 is 1.10 bits per heavy atom. The molecule has 0 unspecified atom stereocenters. The number of nitrogens with zero attached hydrogens (tertiary/aromatic N) is 2. The van der Waals surface area contributed by atoms with Crippen LogP contribution in [-0.4, -0.2) is 32.4 Å². The number of fused-ring (bicyclic) bond motifs is 1. The molecular formula is C19H12ClN3O5S2. The van der Waals surface area contributed by atoms with Gasteiger partial charge in [-0.25, -0.2) is 9.78 Å². The van der Waals surface area contributed by atoms with Crippen molar-refractivity contribution in [3.63, 3.8) is 0 Å². The summed E-state index contributed by atoms with van der Waals surface area (Å²) in [6.07, 6.45) is 0. The first-order valence-corrected chi connectivity index (χ1v) is 10.4. The first-order chi connectivity index (χ1) is 14.3. The Bertz CT molecular complexity index is 1270. The van der Waals surface area contributed by atoms with Gasteiger partial charge in [-0.15, -0.1) is 27.9 Å². The van der Waals surface area contributed by atoms with Gasteiger partial charge in [0.2, 0.25) is 0 Å². The van der Waals surface area contributed by atoms with Gasteiger partial charge in [0.25, 0.3) is 5.91 Å². The number of carbonyl (C=O) groups is 2. The van der Waals surface area contributed by atoms with Crippen molar-refractivity contribution in [2.24, 2.45) is 0 Å². The van der Waals surface area contributed by atoms with Crippen LogP contribution in [0.5, 0.6) is 0 Å². The van der Waals surface area contributed by atoms with Gasteiger partial charge in [0.1, 0.15) is 5.56 Å². The van der Waals surface area contributed by atoms with Crippen molar-refractivity contribution in [2.45, 2.75) is 0 Å². The molecule has 0 atom stereocenters. The molecule has 8 nitrogen and oxygen atoms in total. The van der Waals surface area contributed by atoms with Crippen molar-refractivity contribution in [1.29, 1.82) is 0 Å². The number of thiazole rings is 1. The lowest BCUT2D eigenvalue weighted by atomic mass is 10.1. The molecule has 4 rings (SSSR count). The quantitative estimate of drug-likeness (QED) is 0.301. The van der Waals surface area contributed by atoms with Crippen LogP contribution >= 0.6 is 34.3 Å². The highest BCUT2D eigenvalue weighted by Crippen LogP contribution is 2.37. The van der Waals surface area contributed by atoms with E-state index in [2.05, 4.69) is 10.3 Å². The molecule has 0 bridgehead atoms. The number of thiophene rings is 1. The summed E-state index contributed by atoms with van der Waals surface area (Å²) in [7, 11) is 0. The number of benzene rings is 2. The fourth-order valence-electron chi connectivity index (χ4n) is 2.79. The Balaban J connectivity index is 1.65. The van der Waals surface area contributed by atoms with E-state index < -0.39 is 11.9 Å². The predicted molar refractivity (Wildman–Crippen MR) is 115 cm³/mol. The largest absolute Gasteiger partial charge is 0.478 e. The van der Waals surface area contributed by atoms with E-state index in [1.165, 1.54) is 23.5 Å². The van der Waals surface area contributed by atoms with Gasteiger partial charge in [0.05, 0.1) is 26.5 Å². The van der Waals surface area contributed by atoms with Gasteiger partial charge in [-0.05, 0) is 35.9 Å². The summed E-state index contributed by atoms with van der Waals surface area (Å²) in [5, 5.41) is 32.7. The van der Waals surface area contributed by atoms with Gasteiger partial charge < -0.3 is 10.4 Å². The smallest absolute Gasteiger partial charge is 0.339 e. The highest BCUT2D eigenvalue weighted by Gasteiger charge is 2.22. The van der Waals surface area contributed by atoms with Crippen LogP contribution in [-0.2, 0) is 0 Å². The van der Waals surface area contributed by atoms with Gasteiger partial charge in [0, 0.05) is 10.4 Å². The summed E-state index contributed by atoms with van der Waals surface area (Å²) in [5.41, 5.74) is 1.44. The zero-order valence-electron chi connectivity index (χ0n) is 14.9. The molecule has 0 radical (unpaired) electrons. The normalized spacial score (nSPS) is 10.9. The molecule has 0 fully saturated rings. The maximum atomic E-state index is 12.7. The maximum Gasteiger partial charge on any atom is 0.339 e. The molecule has 2 aromatic carbocycles. The second-order valence-corrected chi connectivity index (χ2v) is 8.43. The molecule has 152 valence electrons. The molecule has 11 heteroatoms. The molecule has 0 spiro atoms. The topological polar surface area (TPSA) is 123 Å². The molecule has 0 aliphatic rings. The third-order valence-electron chi connectivity index (χ3n) is 4.16. The number of amides is 1. The highest BCUT2D eigenvalue weighted by atomic mass is 35.5. The number of aromatic carboxylic acids is 1. The van der Waals surface area contributed by atoms with Crippen LogP contribution in [0.4, 0.5) is 11.4 Å². The Morgan fingerprint density at radius 2 is 1.83 bits per heavy atom. The zero-order chi connectivity index (χ0) is 21.4. The second-order valence-electron chi connectivity index (χ2n) is 6.08. The Kier molecular flexibility index (Phi) is 5.41. The number of carbonyl (C=O) groups excluding carboxylic acids is 1. The van der Waals surface area contributed by atoms with E-state index in [4.69, 9.17) is 22.0 Å². The minimum atomic E-state index is -1.17. The number of hydrogen-bond donors (Lipinski definition) is 4. The number of nitrogens with one attached hydrogen (secondary N) is 1. The van der Waals surface area contributed by atoms with Gasteiger partial charge in [0.15, 0.2) is 5.01 Å². The summed E-state index contributed by atoms with van der Waals surface area (Å²) in [6, 6.07) is 11.2. The van der Waals surface area contributed by atoms with Gasteiger partial charge in [-0.1, -0.05) is 23.7 Å². The molecule has 0 saturated heterocycles. The van der Waals surface area contributed by atoms with Crippen molar-refractivity contribution in [3.8, 4) is 10.4 Å². The van der Waals surface area contributed by atoms with Crippen molar-refractivity contribution < 1.29 is 25.1 Å². The fraction of sp³-hybridized carbons (Fsp3) is 0. The van der Waals surface area contributed by atoms with E-state index in [9.17, 15) is 14.7 Å². The lowest BCUT2D eigenvalue weighted by Gasteiger charge is -2.06. The summed E-state index contributed by atoms with van der Waals surface area (Å²) >= 11 is 8.14. The van der Waals surface area contributed by atoms with E-state index in [1.807, 2.05) is 0 Å². The first kappa shape index (κ1) is 20.3. The highest BCUT2D eigenvalue weighted by molar-refractivity contribution is 7.20. The van der Waals surface area contributed by atoms with Crippen molar-refractivity contribution in [3.05, 3.63) is 63.4 Å². The third kappa shape index (κ3) is 3.86. The summed E-state index contributed by atoms with van der Waals surface area (Å²) in [5.74, 6) is -1.73. The molecule has 0 aliphatic heterocycles. The van der Waals surface area contributed by atoms with E-state index in [1.54, 1.807) is 35.7 Å². The number of anilines is 2. The Hall–Kier alpha value is -3.02. The van der Waals surface area contributed by atoms with Crippen molar-refractivity contribution >= 4 is 67.7 Å². The van der Waals surface area contributed by atoms with Crippen LogP contribution in [0.15, 0.2) is 47.8 Å². The van der Waals surface area contributed by atoms with Crippen LogP contribution in [0, 0.1) is 0 Å². The van der Waals surface area contributed by atoms with Crippen LogP contribution in [0.1, 0.15) is 20.2 Å².